The van der Waals surface area contributed by atoms with E-state index >= 15 is 0 Å². The lowest BCUT2D eigenvalue weighted by atomic mass is 10.1. The van der Waals surface area contributed by atoms with Gasteiger partial charge in [0.25, 0.3) is 0 Å². The molecule has 1 unspecified atom stereocenters. The van der Waals surface area contributed by atoms with Crippen LogP contribution in [-0.2, 0) is 0 Å². The topological polar surface area (TPSA) is 52.5 Å². The predicted molar refractivity (Wildman–Crippen MR) is 84.7 cm³/mol. The lowest BCUT2D eigenvalue weighted by Gasteiger charge is -2.35. The van der Waals surface area contributed by atoms with Gasteiger partial charge in [-0.15, -0.1) is 0 Å². The summed E-state index contributed by atoms with van der Waals surface area (Å²) >= 11 is 1.46. The molecular formula is C15H20N4OS. The number of piperazine rings is 1. The Morgan fingerprint density at radius 2 is 1.90 bits per heavy atom. The van der Waals surface area contributed by atoms with Crippen LogP contribution in [0.5, 0.6) is 0 Å². The molecule has 5 nitrogen and oxygen atoms in total. The first-order valence-electron chi connectivity index (χ1n) is 7.23. The SMILES string of the molecule is Cc1nsc(N2CCN(CC(O)c3ccccc3)CC2)n1. The van der Waals surface area contributed by atoms with Crippen LogP contribution in [0.2, 0.25) is 0 Å². The zero-order chi connectivity index (χ0) is 14.7. The molecule has 0 saturated carbocycles. The molecule has 1 fully saturated rings. The first kappa shape index (κ1) is 14.4. The maximum absolute atomic E-state index is 10.3. The third-order valence-corrected chi connectivity index (χ3v) is 4.64. The summed E-state index contributed by atoms with van der Waals surface area (Å²) in [6, 6.07) is 9.86. The van der Waals surface area contributed by atoms with Crippen LogP contribution in [0.3, 0.4) is 0 Å². The van der Waals surface area contributed by atoms with Crippen molar-refractivity contribution < 1.29 is 5.11 Å². The van der Waals surface area contributed by atoms with Crippen molar-refractivity contribution in [1.82, 2.24) is 14.3 Å². The highest BCUT2D eigenvalue weighted by Crippen LogP contribution is 2.20. The Morgan fingerprint density at radius 3 is 2.52 bits per heavy atom. The number of rotatable bonds is 4. The number of aromatic nitrogens is 2. The fourth-order valence-corrected chi connectivity index (χ4v) is 3.29. The Hall–Kier alpha value is -1.50. The second kappa shape index (κ2) is 6.51. The minimum atomic E-state index is -0.415. The van der Waals surface area contributed by atoms with Gasteiger partial charge in [0, 0.05) is 44.3 Å². The van der Waals surface area contributed by atoms with Crippen molar-refractivity contribution in [2.75, 3.05) is 37.6 Å². The predicted octanol–water partition coefficient (Wildman–Crippen LogP) is 1.70. The molecule has 1 aliphatic heterocycles. The van der Waals surface area contributed by atoms with Gasteiger partial charge in [0.1, 0.15) is 5.82 Å². The van der Waals surface area contributed by atoms with E-state index in [2.05, 4.69) is 19.2 Å². The summed E-state index contributed by atoms with van der Waals surface area (Å²) in [6.45, 7) is 6.39. The van der Waals surface area contributed by atoms with Crippen LogP contribution < -0.4 is 4.90 Å². The average molecular weight is 304 g/mol. The van der Waals surface area contributed by atoms with Crippen molar-refractivity contribution >= 4 is 16.7 Å². The number of anilines is 1. The van der Waals surface area contributed by atoms with E-state index in [1.54, 1.807) is 0 Å². The molecule has 0 aliphatic carbocycles. The van der Waals surface area contributed by atoms with Gasteiger partial charge < -0.3 is 10.0 Å². The molecule has 6 heteroatoms. The van der Waals surface area contributed by atoms with E-state index in [1.807, 2.05) is 37.3 Å². The van der Waals surface area contributed by atoms with Gasteiger partial charge in [-0.1, -0.05) is 30.3 Å². The van der Waals surface area contributed by atoms with Crippen LogP contribution in [0.4, 0.5) is 5.13 Å². The normalized spacial score (nSPS) is 17.9. The van der Waals surface area contributed by atoms with Gasteiger partial charge in [-0.05, 0) is 12.5 Å². The van der Waals surface area contributed by atoms with Gasteiger partial charge in [0.05, 0.1) is 6.10 Å². The Kier molecular flexibility index (Phi) is 4.48. The molecule has 2 heterocycles. The highest BCUT2D eigenvalue weighted by molar-refractivity contribution is 7.09. The van der Waals surface area contributed by atoms with Gasteiger partial charge in [0.15, 0.2) is 0 Å². The fraction of sp³-hybridized carbons (Fsp3) is 0.467. The Labute approximate surface area is 129 Å². The van der Waals surface area contributed by atoms with E-state index in [1.165, 1.54) is 11.5 Å². The molecule has 0 bridgehead atoms. The van der Waals surface area contributed by atoms with E-state index < -0.39 is 6.10 Å². The lowest BCUT2D eigenvalue weighted by Crippen LogP contribution is -2.47. The number of β-amino-alcohol motifs (C(OH)–C–C–N with tert-alkyl or cyclic N) is 1. The van der Waals surface area contributed by atoms with E-state index in [0.717, 1.165) is 42.7 Å². The van der Waals surface area contributed by atoms with E-state index in [0.29, 0.717) is 6.54 Å². The standard InChI is InChI=1S/C15H20N4OS/c1-12-16-15(21-17-12)19-9-7-18(8-10-19)11-14(20)13-5-3-2-4-6-13/h2-6,14,20H,7-11H2,1H3. The summed E-state index contributed by atoms with van der Waals surface area (Å²) < 4.78 is 4.23. The summed E-state index contributed by atoms with van der Waals surface area (Å²) in [7, 11) is 0. The number of hydrogen-bond acceptors (Lipinski definition) is 6. The molecule has 1 atom stereocenters. The average Bonchev–Trinajstić information content (AvgIpc) is 2.95. The molecule has 1 aromatic carbocycles. The Bertz CT molecular complexity index is 566. The van der Waals surface area contributed by atoms with E-state index in [-0.39, 0.29) is 0 Å². The number of nitrogens with zero attached hydrogens (tertiary/aromatic N) is 4. The van der Waals surface area contributed by atoms with Crippen molar-refractivity contribution in [2.45, 2.75) is 13.0 Å². The maximum Gasteiger partial charge on any atom is 0.205 e. The quantitative estimate of drug-likeness (QED) is 0.932. The summed E-state index contributed by atoms with van der Waals surface area (Å²) in [5.41, 5.74) is 0.986. The second-order valence-corrected chi connectivity index (χ2v) is 6.07. The molecule has 2 aromatic rings. The number of aliphatic hydroxyl groups excluding tert-OH is 1. The highest BCUT2D eigenvalue weighted by atomic mass is 32.1. The van der Waals surface area contributed by atoms with Crippen LogP contribution in [0.15, 0.2) is 30.3 Å². The van der Waals surface area contributed by atoms with E-state index in [9.17, 15) is 5.11 Å². The molecule has 1 saturated heterocycles. The van der Waals surface area contributed by atoms with Crippen LogP contribution in [0.25, 0.3) is 0 Å². The monoisotopic (exact) mass is 304 g/mol. The van der Waals surface area contributed by atoms with Crippen LogP contribution >= 0.6 is 11.5 Å². The molecule has 0 amide bonds. The minimum absolute atomic E-state index is 0.415. The number of hydrogen-bond donors (Lipinski definition) is 1. The summed E-state index contributed by atoms with van der Waals surface area (Å²) in [4.78, 5) is 9.01. The van der Waals surface area contributed by atoms with Crippen LogP contribution in [0.1, 0.15) is 17.5 Å². The molecule has 21 heavy (non-hydrogen) atoms. The highest BCUT2D eigenvalue weighted by Gasteiger charge is 2.21. The lowest BCUT2D eigenvalue weighted by molar-refractivity contribution is 0.109. The summed E-state index contributed by atoms with van der Waals surface area (Å²) in [5, 5.41) is 11.3. The van der Waals surface area contributed by atoms with Crippen LogP contribution in [-0.4, -0.2) is 52.1 Å². The smallest absolute Gasteiger partial charge is 0.205 e. The third kappa shape index (κ3) is 3.58. The minimum Gasteiger partial charge on any atom is -0.387 e. The van der Waals surface area contributed by atoms with E-state index in [4.69, 9.17) is 0 Å². The zero-order valence-corrected chi connectivity index (χ0v) is 13.0. The largest absolute Gasteiger partial charge is 0.387 e. The Morgan fingerprint density at radius 1 is 1.19 bits per heavy atom. The first-order chi connectivity index (χ1) is 10.2. The van der Waals surface area contributed by atoms with Crippen molar-refractivity contribution in [2.24, 2.45) is 0 Å². The van der Waals surface area contributed by atoms with Gasteiger partial charge in [0.2, 0.25) is 5.13 Å². The number of benzene rings is 1. The molecule has 112 valence electrons. The van der Waals surface area contributed by atoms with Crippen molar-refractivity contribution in [1.29, 1.82) is 0 Å². The first-order valence-corrected chi connectivity index (χ1v) is 8.00. The maximum atomic E-state index is 10.3. The fourth-order valence-electron chi connectivity index (χ4n) is 2.56. The molecule has 0 radical (unpaired) electrons. The zero-order valence-electron chi connectivity index (χ0n) is 12.1. The second-order valence-electron chi connectivity index (χ2n) is 5.34. The van der Waals surface area contributed by atoms with Gasteiger partial charge in [-0.2, -0.15) is 4.37 Å². The number of aryl methyl sites for hydroxylation is 1. The molecule has 0 spiro atoms. The summed E-state index contributed by atoms with van der Waals surface area (Å²) in [5.74, 6) is 0.844. The van der Waals surface area contributed by atoms with Crippen molar-refractivity contribution in [3.63, 3.8) is 0 Å². The summed E-state index contributed by atoms with van der Waals surface area (Å²) in [6.07, 6.45) is -0.415. The Balaban J connectivity index is 1.52. The van der Waals surface area contributed by atoms with Crippen molar-refractivity contribution in [3.05, 3.63) is 41.7 Å². The van der Waals surface area contributed by atoms with Crippen molar-refractivity contribution in [3.8, 4) is 0 Å². The molecular weight excluding hydrogens is 284 g/mol. The van der Waals surface area contributed by atoms with Crippen LogP contribution in [0, 0.1) is 6.92 Å². The molecule has 1 aliphatic rings. The van der Waals surface area contributed by atoms with Gasteiger partial charge >= 0.3 is 0 Å². The third-order valence-electron chi connectivity index (χ3n) is 3.78. The number of aliphatic hydroxyl groups is 1. The van der Waals surface area contributed by atoms with Gasteiger partial charge in [-0.25, -0.2) is 4.98 Å². The molecule has 1 N–H and O–H groups in total. The van der Waals surface area contributed by atoms with Gasteiger partial charge in [-0.3, -0.25) is 4.90 Å². The molecule has 3 rings (SSSR count). The molecule has 1 aromatic heterocycles.